The first-order valence-electron chi connectivity index (χ1n) is 8.04. The second-order valence-corrected chi connectivity index (χ2v) is 6.85. The van der Waals surface area contributed by atoms with Crippen LogP contribution in [0.15, 0.2) is 41.8 Å². The fourth-order valence-electron chi connectivity index (χ4n) is 2.58. The lowest BCUT2D eigenvalue weighted by atomic mass is 10.2. The van der Waals surface area contributed by atoms with Crippen LogP contribution in [-0.2, 0) is 6.42 Å². The standard InChI is InChI=1S/C18H22N4S/c1-3-23-18-20-10-9-14(22-18)6-4-5-13-7-8-16(21-12-13)15-11-17(15)19-2/h4-5,7-10,12,15,17,19H,3,6,11H2,1-2H3/b5-4+/t15?,17-/m0/s1. The van der Waals surface area contributed by atoms with Crippen LogP contribution in [0, 0.1) is 0 Å². The molecule has 3 rings (SSSR count). The number of likely N-dealkylation sites (N-methyl/N-ethyl adjacent to an activating group) is 1. The first-order chi connectivity index (χ1) is 11.3. The van der Waals surface area contributed by atoms with Gasteiger partial charge in [-0.15, -0.1) is 0 Å². The highest BCUT2D eigenvalue weighted by Gasteiger charge is 2.37. The number of thioether (sulfide) groups is 1. The molecule has 5 heteroatoms. The van der Waals surface area contributed by atoms with Gasteiger partial charge in [0.05, 0.1) is 0 Å². The van der Waals surface area contributed by atoms with Crippen molar-refractivity contribution in [1.82, 2.24) is 20.3 Å². The van der Waals surface area contributed by atoms with Gasteiger partial charge in [-0.05, 0) is 36.9 Å². The fourth-order valence-corrected chi connectivity index (χ4v) is 3.16. The topological polar surface area (TPSA) is 50.7 Å². The SMILES string of the molecule is CCSc1nccc(C/C=C/c2ccc(C3C[C@@H]3NC)nc2)n1. The van der Waals surface area contributed by atoms with E-state index in [1.807, 2.05) is 25.5 Å². The molecule has 2 aromatic heterocycles. The van der Waals surface area contributed by atoms with Crippen molar-refractivity contribution in [2.24, 2.45) is 0 Å². The van der Waals surface area contributed by atoms with E-state index in [0.717, 1.165) is 28.6 Å². The molecule has 2 aromatic rings. The van der Waals surface area contributed by atoms with Crippen LogP contribution in [0.4, 0.5) is 0 Å². The predicted octanol–water partition coefficient (Wildman–Crippen LogP) is 3.31. The van der Waals surface area contributed by atoms with E-state index in [1.165, 1.54) is 12.1 Å². The second kappa shape index (κ2) is 7.70. The molecular weight excluding hydrogens is 304 g/mol. The Bertz CT molecular complexity index is 669. The highest BCUT2D eigenvalue weighted by atomic mass is 32.2. The van der Waals surface area contributed by atoms with Crippen LogP contribution in [0.5, 0.6) is 0 Å². The Balaban J connectivity index is 1.56. The summed E-state index contributed by atoms with van der Waals surface area (Å²) in [5, 5.41) is 4.15. The van der Waals surface area contributed by atoms with Crippen molar-refractivity contribution in [3.8, 4) is 0 Å². The van der Waals surface area contributed by atoms with E-state index in [1.54, 1.807) is 11.8 Å². The molecule has 0 bridgehead atoms. The van der Waals surface area contributed by atoms with Gasteiger partial charge in [0.2, 0.25) is 0 Å². The molecule has 0 aliphatic heterocycles. The van der Waals surface area contributed by atoms with E-state index in [9.17, 15) is 0 Å². The number of hydrogen-bond acceptors (Lipinski definition) is 5. The average Bonchev–Trinajstić information content (AvgIpc) is 3.36. The molecule has 120 valence electrons. The number of nitrogens with one attached hydrogen (secondary N) is 1. The summed E-state index contributed by atoms with van der Waals surface area (Å²) in [7, 11) is 2.01. The van der Waals surface area contributed by atoms with Gasteiger partial charge in [-0.25, -0.2) is 9.97 Å². The minimum Gasteiger partial charge on any atom is -0.316 e. The van der Waals surface area contributed by atoms with Crippen LogP contribution in [0.1, 0.15) is 36.2 Å². The smallest absolute Gasteiger partial charge is 0.187 e. The van der Waals surface area contributed by atoms with Gasteiger partial charge in [-0.1, -0.05) is 36.9 Å². The molecule has 1 saturated carbocycles. The average molecular weight is 326 g/mol. The summed E-state index contributed by atoms with van der Waals surface area (Å²) >= 11 is 1.67. The Hall–Kier alpha value is -1.72. The zero-order chi connectivity index (χ0) is 16.1. The van der Waals surface area contributed by atoms with Crippen LogP contribution < -0.4 is 5.32 Å². The molecular formula is C18H22N4S. The fraction of sp³-hybridized carbons (Fsp3) is 0.389. The largest absolute Gasteiger partial charge is 0.316 e. The van der Waals surface area contributed by atoms with Crippen molar-refractivity contribution in [3.63, 3.8) is 0 Å². The molecule has 1 aliphatic carbocycles. The zero-order valence-electron chi connectivity index (χ0n) is 13.6. The summed E-state index contributed by atoms with van der Waals surface area (Å²) in [6.45, 7) is 2.11. The van der Waals surface area contributed by atoms with Crippen LogP contribution in [-0.4, -0.2) is 33.8 Å². The number of pyridine rings is 1. The summed E-state index contributed by atoms with van der Waals surface area (Å²) < 4.78 is 0. The van der Waals surface area contributed by atoms with Crippen molar-refractivity contribution in [2.45, 2.75) is 36.9 Å². The van der Waals surface area contributed by atoms with E-state index < -0.39 is 0 Å². The van der Waals surface area contributed by atoms with E-state index in [-0.39, 0.29) is 0 Å². The van der Waals surface area contributed by atoms with Crippen molar-refractivity contribution in [1.29, 1.82) is 0 Å². The third kappa shape index (κ3) is 4.39. The molecule has 2 atom stereocenters. The predicted molar refractivity (Wildman–Crippen MR) is 95.6 cm³/mol. The highest BCUT2D eigenvalue weighted by Crippen LogP contribution is 2.39. The molecule has 0 spiro atoms. The summed E-state index contributed by atoms with van der Waals surface area (Å²) in [6, 6.07) is 6.86. The minimum absolute atomic E-state index is 0.591. The van der Waals surface area contributed by atoms with Crippen molar-refractivity contribution < 1.29 is 0 Å². The normalized spacial score (nSPS) is 20.1. The van der Waals surface area contributed by atoms with Crippen LogP contribution in [0.2, 0.25) is 0 Å². The molecule has 1 unspecified atom stereocenters. The third-order valence-electron chi connectivity index (χ3n) is 3.95. The number of allylic oxidation sites excluding steroid dienone is 1. The lowest BCUT2D eigenvalue weighted by Crippen LogP contribution is -2.10. The lowest BCUT2D eigenvalue weighted by molar-refractivity contribution is 0.775. The molecule has 1 aliphatic rings. The molecule has 23 heavy (non-hydrogen) atoms. The van der Waals surface area contributed by atoms with Gasteiger partial charge in [0.25, 0.3) is 0 Å². The van der Waals surface area contributed by atoms with Crippen LogP contribution in [0.3, 0.4) is 0 Å². The van der Waals surface area contributed by atoms with Gasteiger partial charge in [-0.2, -0.15) is 0 Å². The van der Waals surface area contributed by atoms with Crippen LogP contribution >= 0.6 is 11.8 Å². The summed E-state index contributed by atoms with van der Waals surface area (Å²) in [6.07, 6.45) is 10.0. The van der Waals surface area contributed by atoms with Crippen molar-refractivity contribution >= 4 is 17.8 Å². The maximum Gasteiger partial charge on any atom is 0.187 e. The minimum atomic E-state index is 0.591. The van der Waals surface area contributed by atoms with Gasteiger partial charge >= 0.3 is 0 Å². The van der Waals surface area contributed by atoms with Crippen molar-refractivity contribution in [3.05, 3.63) is 53.6 Å². The molecule has 1 fully saturated rings. The third-order valence-corrected chi connectivity index (χ3v) is 4.70. The molecule has 0 aromatic carbocycles. The Morgan fingerprint density at radius 2 is 2.22 bits per heavy atom. The zero-order valence-corrected chi connectivity index (χ0v) is 14.4. The summed E-state index contributed by atoms with van der Waals surface area (Å²) in [5.74, 6) is 1.58. The molecule has 1 N–H and O–H groups in total. The summed E-state index contributed by atoms with van der Waals surface area (Å²) in [4.78, 5) is 13.4. The van der Waals surface area contributed by atoms with E-state index in [4.69, 9.17) is 0 Å². The molecule has 2 heterocycles. The Labute approximate surface area is 141 Å². The Morgan fingerprint density at radius 1 is 1.30 bits per heavy atom. The van der Waals surface area contributed by atoms with Gasteiger partial charge in [-0.3, -0.25) is 4.98 Å². The second-order valence-electron chi connectivity index (χ2n) is 5.62. The highest BCUT2D eigenvalue weighted by molar-refractivity contribution is 7.99. The summed E-state index contributed by atoms with van der Waals surface area (Å²) in [5.41, 5.74) is 3.37. The Kier molecular flexibility index (Phi) is 5.41. The molecule has 0 amide bonds. The van der Waals surface area contributed by atoms with Crippen molar-refractivity contribution in [2.75, 3.05) is 12.8 Å². The maximum atomic E-state index is 4.58. The monoisotopic (exact) mass is 326 g/mol. The van der Waals surface area contributed by atoms with E-state index in [2.05, 4.69) is 51.5 Å². The van der Waals surface area contributed by atoms with Crippen LogP contribution in [0.25, 0.3) is 6.08 Å². The Morgan fingerprint density at radius 3 is 2.91 bits per heavy atom. The van der Waals surface area contributed by atoms with E-state index >= 15 is 0 Å². The number of rotatable bonds is 7. The van der Waals surface area contributed by atoms with Gasteiger partial charge in [0.1, 0.15) is 0 Å². The van der Waals surface area contributed by atoms with E-state index in [0.29, 0.717) is 12.0 Å². The van der Waals surface area contributed by atoms with Gasteiger partial charge < -0.3 is 5.32 Å². The quantitative estimate of drug-likeness (QED) is 0.625. The van der Waals surface area contributed by atoms with Gasteiger partial charge in [0.15, 0.2) is 5.16 Å². The number of aromatic nitrogens is 3. The molecule has 4 nitrogen and oxygen atoms in total. The maximum absolute atomic E-state index is 4.58. The van der Waals surface area contributed by atoms with Gasteiger partial charge in [0, 0.05) is 42.2 Å². The number of nitrogens with zero attached hydrogens (tertiary/aromatic N) is 3. The molecule has 0 radical (unpaired) electrons. The lowest BCUT2D eigenvalue weighted by Gasteiger charge is -2.01. The first-order valence-corrected chi connectivity index (χ1v) is 9.03. The number of hydrogen-bond donors (Lipinski definition) is 1. The molecule has 0 saturated heterocycles. The first kappa shape index (κ1) is 16.1.